The van der Waals surface area contributed by atoms with Gasteiger partial charge in [-0.05, 0) is 31.9 Å². The van der Waals surface area contributed by atoms with Crippen LogP contribution in [0.25, 0.3) is 0 Å². The van der Waals surface area contributed by atoms with Gasteiger partial charge < -0.3 is 10.1 Å². The van der Waals surface area contributed by atoms with E-state index in [1.54, 1.807) is 7.11 Å². The smallest absolute Gasteiger partial charge is 0.0535 e. The molecule has 0 radical (unpaired) electrons. The second-order valence-corrected chi connectivity index (χ2v) is 5.60. The van der Waals surface area contributed by atoms with Crippen LogP contribution in [-0.4, -0.2) is 44.8 Å². The topological polar surface area (TPSA) is 24.5 Å². The number of ether oxygens (including phenoxy) is 1. The molecule has 0 saturated carbocycles. The number of benzene rings is 1. The van der Waals surface area contributed by atoms with E-state index < -0.39 is 0 Å². The second kappa shape index (κ2) is 7.04. The normalized spacial score (nSPS) is 24.5. The number of hydrogen-bond donors (Lipinski definition) is 1. The summed E-state index contributed by atoms with van der Waals surface area (Å²) in [5, 5.41) is 3.68. The monoisotopic (exact) mass is 262 g/mol. The molecule has 1 aromatic rings. The SMILES string of the molecule is COCCCCN1CCNC(C)(c2ccccc2)C1. The first-order valence-corrected chi connectivity index (χ1v) is 7.26. The highest BCUT2D eigenvalue weighted by molar-refractivity contribution is 5.24. The van der Waals surface area contributed by atoms with Crippen LogP contribution in [0.4, 0.5) is 0 Å². The molecule has 1 aliphatic heterocycles. The van der Waals surface area contributed by atoms with Gasteiger partial charge in [-0.25, -0.2) is 0 Å². The number of rotatable bonds is 6. The van der Waals surface area contributed by atoms with Crippen molar-refractivity contribution in [3.63, 3.8) is 0 Å². The lowest BCUT2D eigenvalue weighted by Crippen LogP contribution is -2.56. The number of piperazine rings is 1. The predicted molar refractivity (Wildman–Crippen MR) is 79.3 cm³/mol. The fraction of sp³-hybridized carbons (Fsp3) is 0.625. The molecule has 106 valence electrons. The molecule has 1 saturated heterocycles. The minimum absolute atomic E-state index is 0.0841. The average molecular weight is 262 g/mol. The molecule has 1 fully saturated rings. The van der Waals surface area contributed by atoms with Crippen LogP contribution < -0.4 is 5.32 Å². The van der Waals surface area contributed by atoms with Gasteiger partial charge in [0.2, 0.25) is 0 Å². The van der Waals surface area contributed by atoms with E-state index in [1.165, 1.54) is 18.5 Å². The third kappa shape index (κ3) is 4.03. The van der Waals surface area contributed by atoms with Gasteiger partial charge in [0, 0.05) is 33.4 Å². The van der Waals surface area contributed by atoms with Crippen molar-refractivity contribution in [2.75, 3.05) is 39.9 Å². The Hall–Kier alpha value is -0.900. The first-order valence-electron chi connectivity index (χ1n) is 7.26. The minimum atomic E-state index is 0.0841. The molecule has 1 atom stereocenters. The number of nitrogens with zero attached hydrogens (tertiary/aromatic N) is 1. The van der Waals surface area contributed by atoms with Crippen LogP contribution in [-0.2, 0) is 10.3 Å². The summed E-state index contributed by atoms with van der Waals surface area (Å²) in [5.74, 6) is 0. The van der Waals surface area contributed by atoms with E-state index >= 15 is 0 Å². The van der Waals surface area contributed by atoms with Crippen LogP contribution in [0.2, 0.25) is 0 Å². The molecule has 2 rings (SSSR count). The number of methoxy groups -OCH3 is 1. The molecule has 0 bridgehead atoms. The predicted octanol–water partition coefficient (Wildman–Crippen LogP) is 2.23. The fourth-order valence-corrected chi connectivity index (χ4v) is 2.84. The number of hydrogen-bond acceptors (Lipinski definition) is 3. The molecule has 1 unspecified atom stereocenters. The lowest BCUT2D eigenvalue weighted by molar-refractivity contribution is 0.133. The lowest BCUT2D eigenvalue weighted by atomic mass is 9.89. The van der Waals surface area contributed by atoms with Gasteiger partial charge in [-0.1, -0.05) is 30.3 Å². The van der Waals surface area contributed by atoms with Crippen LogP contribution >= 0.6 is 0 Å². The molecular formula is C16H26N2O. The van der Waals surface area contributed by atoms with Gasteiger partial charge in [0.15, 0.2) is 0 Å². The van der Waals surface area contributed by atoms with Crippen molar-refractivity contribution in [1.82, 2.24) is 10.2 Å². The van der Waals surface area contributed by atoms with Crippen molar-refractivity contribution in [2.45, 2.75) is 25.3 Å². The van der Waals surface area contributed by atoms with Crippen LogP contribution in [0.15, 0.2) is 30.3 Å². The summed E-state index contributed by atoms with van der Waals surface area (Å²) in [7, 11) is 1.78. The lowest BCUT2D eigenvalue weighted by Gasteiger charge is -2.42. The van der Waals surface area contributed by atoms with E-state index in [4.69, 9.17) is 4.74 Å². The maximum atomic E-state index is 5.11. The largest absolute Gasteiger partial charge is 0.385 e. The Bertz CT molecular complexity index is 368. The van der Waals surface area contributed by atoms with E-state index in [0.29, 0.717) is 0 Å². The summed E-state index contributed by atoms with van der Waals surface area (Å²) >= 11 is 0. The van der Waals surface area contributed by atoms with Crippen LogP contribution in [0.3, 0.4) is 0 Å². The first-order chi connectivity index (χ1) is 9.24. The molecule has 0 spiro atoms. The summed E-state index contributed by atoms with van der Waals surface area (Å²) in [6.07, 6.45) is 2.38. The molecule has 19 heavy (non-hydrogen) atoms. The molecule has 3 nitrogen and oxygen atoms in total. The molecule has 1 aliphatic rings. The standard InChI is InChI=1S/C16H26N2O/c1-16(15-8-4-3-5-9-15)14-18(12-10-17-16)11-6-7-13-19-2/h3-5,8-9,17H,6-7,10-14H2,1-2H3. The van der Waals surface area contributed by atoms with E-state index in [2.05, 4.69) is 47.5 Å². The molecule has 0 aliphatic carbocycles. The summed E-state index contributed by atoms with van der Waals surface area (Å²) in [6, 6.07) is 10.8. The number of unbranched alkanes of at least 4 members (excludes halogenated alkanes) is 1. The van der Waals surface area contributed by atoms with Crippen LogP contribution in [0.5, 0.6) is 0 Å². The molecule has 1 heterocycles. The summed E-state index contributed by atoms with van der Waals surface area (Å²) in [6.45, 7) is 7.66. The highest BCUT2D eigenvalue weighted by Crippen LogP contribution is 2.24. The summed E-state index contributed by atoms with van der Waals surface area (Å²) < 4.78 is 5.11. The zero-order valence-corrected chi connectivity index (χ0v) is 12.2. The van der Waals surface area contributed by atoms with E-state index in [1.807, 2.05) is 0 Å². The fourth-order valence-electron chi connectivity index (χ4n) is 2.84. The highest BCUT2D eigenvalue weighted by atomic mass is 16.5. The van der Waals surface area contributed by atoms with Gasteiger partial charge >= 0.3 is 0 Å². The Kier molecular flexibility index (Phi) is 5.37. The van der Waals surface area contributed by atoms with Crippen molar-refractivity contribution in [3.8, 4) is 0 Å². The van der Waals surface area contributed by atoms with Crippen molar-refractivity contribution < 1.29 is 4.74 Å². The minimum Gasteiger partial charge on any atom is -0.385 e. The Morgan fingerprint density at radius 3 is 2.79 bits per heavy atom. The highest BCUT2D eigenvalue weighted by Gasteiger charge is 2.31. The zero-order chi connectivity index (χ0) is 13.6. The van der Waals surface area contributed by atoms with Crippen molar-refractivity contribution in [1.29, 1.82) is 0 Å². The molecular weight excluding hydrogens is 236 g/mol. The van der Waals surface area contributed by atoms with Gasteiger partial charge in [-0.15, -0.1) is 0 Å². The van der Waals surface area contributed by atoms with Gasteiger partial charge in [0.1, 0.15) is 0 Å². The van der Waals surface area contributed by atoms with Crippen molar-refractivity contribution >= 4 is 0 Å². The van der Waals surface area contributed by atoms with E-state index in [0.717, 1.165) is 32.7 Å². The maximum absolute atomic E-state index is 5.11. The van der Waals surface area contributed by atoms with E-state index in [9.17, 15) is 0 Å². The average Bonchev–Trinajstić information content (AvgIpc) is 2.45. The van der Waals surface area contributed by atoms with Gasteiger partial charge in [0.25, 0.3) is 0 Å². The third-order valence-electron chi connectivity index (χ3n) is 3.97. The maximum Gasteiger partial charge on any atom is 0.0535 e. The van der Waals surface area contributed by atoms with Crippen molar-refractivity contribution in [2.24, 2.45) is 0 Å². The molecule has 1 N–H and O–H groups in total. The first kappa shape index (κ1) is 14.5. The Balaban J connectivity index is 1.89. The molecule has 0 amide bonds. The van der Waals surface area contributed by atoms with Gasteiger partial charge in [-0.2, -0.15) is 0 Å². The third-order valence-corrected chi connectivity index (χ3v) is 3.97. The molecule has 1 aromatic carbocycles. The number of nitrogens with one attached hydrogen (secondary N) is 1. The zero-order valence-electron chi connectivity index (χ0n) is 12.2. The van der Waals surface area contributed by atoms with E-state index in [-0.39, 0.29) is 5.54 Å². The van der Waals surface area contributed by atoms with Crippen molar-refractivity contribution in [3.05, 3.63) is 35.9 Å². The second-order valence-electron chi connectivity index (χ2n) is 5.60. The van der Waals surface area contributed by atoms with Gasteiger partial charge in [-0.3, -0.25) is 4.90 Å². The summed E-state index contributed by atoms with van der Waals surface area (Å²) in [5.41, 5.74) is 1.47. The van der Waals surface area contributed by atoms with Gasteiger partial charge in [0.05, 0.1) is 5.54 Å². The summed E-state index contributed by atoms with van der Waals surface area (Å²) in [4.78, 5) is 2.57. The Morgan fingerprint density at radius 1 is 1.26 bits per heavy atom. The van der Waals surface area contributed by atoms with Crippen LogP contribution in [0, 0.1) is 0 Å². The quantitative estimate of drug-likeness (QED) is 0.796. The molecule has 3 heteroatoms. The van der Waals surface area contributed by atoms with Crippen LogP contribution in [0.1, 0.15) is 25.3 Å². The Morgan fingerprint density at radius 2 is 2.05 bits per heavy atom. The molecule has 0 aromatic heterocycles. The Labute approximate surface area is 116 Å².